The average molecular weight is 795 g/mol. The average Bonchev–Trinajstić information content (AvgIpc) is 3.86. The molecule has 3 fully saturated rings. The number of nitrogens with zero attached hydrogens (tertiary/aromatic N) is 3. The maximum Gasteiger partial charge on any atom is 0.344 e. The molecule has 0 radical (unpaired) electrons. The number of carbonyl (C=O) groups excluding carboxylic acids is 3. The lowest BCUT2D eigenvalue weighted by Gasteiger charge is -2.67. The monoisotopic (exact) mass is 794 g/mol. The summed E-state index contributed by atoms with van der Waals surface area (Å²) in [7, 11) is 6.34. The standard InChI is InChI=1S/C46H58N4O8/c1-9-27-22-28-24-49(23-27)25-31-29-14-11-12-15-33(29)47-36(31)35(39(52)56-7)34(28)30-16-17-32-37(38(30)55-6)48(5)43(4)45(32)19-21-50-20-13-18-44(10-2,40(45)50)41(58-26(3)51)46(43,54)42(53)57-8/h11-18,27-28,34-35,40-41,47,54H,9-10,19-25H2,1-8H3/t27-,28-,34?,35-,40+,41-,43-,44-,45-,46+/m1/s1. The van der Waals surface area contributed by atoms with Crippen molar-refractivity contribution < 1.29 is 38.4 Å². The van der Waals surface area contributed by atoms with Crippen molar-refractivity contribution in [2.45, 2.75) is 100 Å². The Morgan fingerprint density at radius 1 is 1.03 bits per heavy atom. The van der Waals surface area contributed by atoms with E-state index in [-0.39, 0.29) is 23.8 Å². The first-order chi connectivity index (χ1) is 27.8. The quantitative estimate of drug-likeness (QED) is 0.181. The molecular formula is C46H58N4O8. The number of aliphatic hydroxyl groups is 1. The lowest BCUT2D eigenvalue weighted by molar-refractivity contribution is -0.244. The summed E-state index contributed by atoms with van der Waals surface area (Å²) in [6.07, 6.45) is 6.00. The Labute approximate surface area is 340 Å². The van der Waals surface area contributed by atoms with Crippen molar-refractivity contribution in [2.75, 3.05) is 59.5 Å². The zero-order chi connectivity index (χ0) is 41.1. The van der Waals surface area contributed by atoms with Crippen LogP contribution >= 0.6 is 0 Å². The van der Waals surface area contributed by atoms with E-state index in [4.69, 9.17) is 18.9 Å². The number of anilines is 1. The van der Waals surface area contributed by atoms with Crippen molar-refractivity contribution in [3.8, 4) is 5.75 Å². The number of piperidine rings is 1. The van der Waals surface area contributed by atoms with E-state index in [1.807, 2.05) is 37.9 Å². The fourth-order valence-corrected chi connectivity index (χ4v) is 13.7. The third-order valence-electron chi connectivity index (χ3n) is 16.1. The van der Waals surface area contributed by atoms with E-state index in [0.29, 0.717) is 37.6 Å². The summed E-state index contributed by atoms with van der Waals surface area (Å²) in [5.41, 5.74) is 0.109. The third kappa shape index (κ3) is 4.71. The number of para-hydroxylation sites is 1. The Balaban J connectivity index is 1.33. The van der Waals surface area contributed by atoms with Gasteiger partial charge in [-0.05, 0) is 61.8 Å². The zero-order valence-corrected chi connectivity index (χ0v) is 35.1. The summed E-state index contributed by atoms with van der Waals surface area (Å²) in [6.45, 7) is 11.5. The number of likely N-dealkylation sites (N-methyl/N-ethyl adjacent to an activating group) is 1. The number of esters is 3. The molecule has 5 aliphatic heterocycles. The van der Waals surface area contributed by atoms with Gasteiger partial charge in [-0.2, -0.15) is 0 Å². The molecular weight excluding hydrogens is 737 g/mol. The number of rotatable bonds is 7. The van der Waals surface area contributed by atoms with E-state index in [1.54, 1.807) is 7.11 Å². The van der Waals surface area contributed by atoms with E-state index < -0.39 is 45.9 Å². The lowest BCUT2D eigenvalue weighted by Crippen LogP contribution is -2.86. The van der Waals surface area contributed by atoms with Crippen molar-refractivity contribution in [3.05, 3.63) is 70.9 Å². The van der Waals surface area contributed by atoms with Crippen LogP contribution in [0.15, 0.2) is 48.6 Å². The van der Waals surface area contributed by atoms with Gasteiger partial charge in [0.05, 0.1) is 32.6 Å². The van der Waals surface area contributed by atoms with Gasteiger partial charge in [0, 0.05) is 85.1 Å². The number of hydrogen-bond acceptors (Lipinski definition) is 11. The molecule has 2 aromatic carbocycles. The second-order valence-electron chi connectivity index (χ2n) is 18.0. The molecule has 310 valence electrons. The van der Waals surface area contributed by atoms with Crippen molar-refractivity contribution in [2.24, 2.45) is 17.3 Å². The van der Waals surface area contributed by atoms with Crippen LogP contribution in [0.4, 0.5) is 5.69 Å². The maximum atomic E-state index is 14.6. The van der Waals surface area contributed by atoms with Crippen LogP contribution in [0.1, 0.15) is 87.6 Å². The Kier molecular flexibility index (Phi) is 9.15. The van der Waals surface area contributed by atoms with Gasteiger partial charge in [0.1, 0.15) is 11.7 Å². The van der Waals surface area contributed by atoms with Crippen LogP contribution in [-0.2, 0) is 40.6 Å². The van der Waals surface area contributed by atoms with Gasteiger partial charge in [-0.1, -0.05) is 62.8 Å². The summed E-state index contributed by atoms with van der Waals surface area (Å²) in [5, 5.41) is 14.7. The molecule has 0 amide bonds. The molecule has 12 nitrogen and oxygen atoms in total. The molecule has 2 saturated heterocycles. The molecule has 58 heavy (non-hydrogen) atoms. The van der Waals surface area contributed by atoms with Crippen LogP contribution in [0.25, 0.3) is 10.9 Å². The van der Waals surface area contributed by atoms with Gasteiger partial charge in [0.2, 0.25) is 5.60 Å². The summed E-state index contributed by atoms with van der Waals surface area (Å²) in [4.78, 5) is 52.9. The summed E-state index contributed by atoms with van der Waals surface area (Å²) < 4.78 is 24.1. The molecule has 6 aliphatic rings. The minimum atomic E-state index is -2.32. The maximum absolute atomic E-state index is 14.6. The number of hydrogen-bond donors (Lipinski definition) is 2. The Bertz CT molecular complexity index is 2220. The summed E-state index contributed by atoms with van der Waals surface area (Å²) in [5.74, 6) is -1.63. The smallest absolute Gasteiger partial charge is 0.344 e. The molecule has 3 aromatic rings. The molecule has 1 spiro atoms. The molecule has 11 atom stereocenters. The number of fused-ring (bicyclic) bond motifs is 6. The summed E-state index contributed by atoms with van der Waals surface area (Å²) in [6, 6.07) is 12.4. The highest BCUT2D eigenvalue weighted by Gasteiger charge is 2.85. The van der Waals surface area contributed by atoms with E-state index >= 15 is 0 Å². The van der Waals surface area contributed by atoms with Gasteiger partial charge in [0.25, 0.3) is 0 Å². The number of H-pyrrole nitrogens is 1. The van der Waals surface area contributed by atoms with Crippen LogP contribution < -0.4 is 9.64 Å². The van der Waals surface area contributed by atoms with E-state index in [0.717, 1.165) is 71.5 Å². The number of aromatic amines is 1. The highest BCUT2D eigenvalue weighted by atomic mass is 16.6. The van der Waals surface area contributed by atoms with Gasteiger partial charge in [-0.25, -0.2) is 4.79 Å². The van der Waals surface area contributed by atoms with E-state index in [1.165, 1.54) is 21.1 Å². The third-order valence-corrected chi connectivity index (χ3v) is 16.1. The van der Waals surface area contributed by atoms with Crippen molar-refractivity contribution >= 4 is 34.5 Å². The highest BCUT2D eigenvalue weighted by Crippen LogP contribution is 2.73. The highest BCUT2D eigenvalue weighted by molar-refractivity contribution is 5.91. The Morgan fingerprint density at radius 2 is 1.81 bits per heavy atom. The number of benzene rings is 2. The van der Waals surface area contributed by atoms with Gasteiger partial charge in [-0.3, -0.25) is 19.4 Å². The first-order valence-corrected chi connectivity index (χ1v) is 21.1. The molecule has 2 bridgehead atoms. The number of carbonyl (C=O) groups is 3. The molecule has 1 aliphatic carbocycles. The fourth-order valence-electron chi connectivity index (χ4n) is 13.7. The zero-order valence-electron chi connectivity index (χ0n) is 35.1. The van der Waals surface area contributed by atoms with Gasteiger partial charge < -0.3 is 33.9 Å². The van der Waals surface area contributed by atoms with E-state index in [2.05, 4.69) is 58.1 Å². The number of ether oxygens (including phenoxy) is 4. The van der Waals surface area contributed by atoms with Gasteiger partial charge in [0.15, 0.2) is 6.10 Å². The van der Waals surface area contributed by atoms with Gasteiger partial charge in [-0.15, -0.1) is 0 Å². The van der Waals surface area contributed by atoms with Crippen LogP contribution in [-0.4, -0.2) is 116 Å². The lowest BCUT2D eigenvalue weighted by atomic mass is 9.43. The number of aromatic nitrogens is 1. The topological polar surface area (TPSA) is 134 Å². The minimum absolute atomic E-state index is 0.0793. The SMILES string of the molecule is CC[C@@H]1C[C@@H]2CN(Cc3c([nH]c4ccccc34)[C@H](C(=O)OC)C2c2ccc3c(c2OC)N(C)[C@@]2(C)[C@@](O)(C(=O)OC)[C@H](OC(C)=O)[C@]4(CC)C=CCN5CC[C@]32[C@@H]54)C1. The Morgan fingerprint density at radius 3 is 2.50 bits per heavy atom. The molecule has 2 unspecified atom stereocenters. The molecule has 12 heteroatoms. The van der Waals surface area contributed by atoms with Crippen molar-refractivity contribution in [3.63, 3.8) is 0 Å². The van der Waals surface area contributed by atoms with Crippen LogP contribution in [0.5, 0.6) is 5.75 Å². The van der Waals surface area contributed by atoms with Gasteiger partial charge >= 0.3 is 17.9 Å². The molecule has 6 heterocycles. The fraction of sp³-hybridized carbons (Fsp3) is 0.587. The predicted molar refractivity (Wildman–Crippen MR) is 219 cm³/mol. The van der Waals surface area contributed by atoms with Crippen LogP contribution in [0.2, 0.25) is 0 Å². The molecule has 2 N–H and O–H groups in total. The minimum Gasteiger partial charge on any atom is -0.494 e. The second kappa shape index (κ2) is 13.6. The summed E-state index contributed by atoms with van der Waals surface area (Å²) >= 11 is 0. The van der Waals surface area contributed by atoms with Crippen LogP contribution in [0.3, 0.4) is 0 Å². The molecule has 9 rings (SSSR count). The first kappa shape index (κ1) is 39.1. The Hall–Kier alpha value is -4.39. The number of nitrogens with one attached hydrogen (secondary N) is 1. The normalized spacial score (nSPS) is 37.2. The van der Waals surface area contributed by atoms with Crippen molar-refractivity contribution in [1.82, 2.24) is 14.8 Å². The van der Waals surface area contributed by atoms with Crippen LogP contribution in [0, 0.1) is 17.3 Å². The van der Waals surface area contributed by atoms with Crippen molar-refractivity contribution in [1.29, 1.82) is 0 Å². The molecule has 1 aromatic heterocycles. The molecule has 1 saturated carbocycles. The number of methoxy groups -OCH3 is 3. The largest absolute Gasteiger partial charge is 0.494 e. The first-order valence-electron chi connectivity index (χ1n) is 21.1. The second-order valence-corrected chi connectivity index (χ2v) is 18.0. The van der Waals surface area contributed by atoms with E-state index in [9.17, 15) is 19.5 Å². The predicted octanol–water partition coefficient (Wildman–Crippen LogP) is 5.41.